The van der Waals surface area contributed by atoms with Crippen molar-refractivity contribution >= 4 is 33.7 Å². The van der Waals surface area contributed by atoms with E-state index >= 15 is 0 Å². The zero-order valence-electron chi connectivity index (χ0n) is 10.8. The molecule has 0 radical (unpaired) electrons. The van der Waals surface area contributed by atoms with Crippen LogP contribution in [0.3, 0.4) is 0 Å². The van der Waals surface area contributed by atoms with Crippen molar-refractivity contribution in [2.45, 2.75) is 0 Å². The van der Waals surface area contributed by atoms with E-state index in [0.717, 1.165) is 23.1 Å². The first-order valence-electron chi connectivity index (χ1n) is 6.32. The summed E-state index contributed by atoms with van der Waals surface area (Å²) >= 11 is 3.18. The molecule has 1 fully saturated rings. The fraction of sp³-hybridized carbons (Fsp3) is 0.286. The highest BCUT2D eigenvalue weighted by Gasteiger charge is 2.21. The largest absolute Gasteiger partial charge is 0.345 e. The Kier molecular flexibility index (Phi) is 4.00. The lowest BCUT2D eigenvalue weighted by molar-refractivity contribution is -0.125. The second kappa shape index (κ2) is 6.07. The van der Waals surface area contributed by atoms with Gasteiger partial charge in [0.25, 0.3) is 5.91 Å². The molecule has 6 heteroatoms. The number of thiophene rings is 1. The molecular weight excluding hydrogens is 290 g/mol. The normalized spacial score (nSPS) is 14.8. The summed E-state index contributed by atoms with van der Waals surface area (Å²) in [5, 5.41) is 4.96. The molecule has 2 aromatic heterocycles. The van der Waals surface area contributed by atoms with E-state index in [2.05, 4.69) is 21.7 Å². The Morgan fingerprint density at radius 1 is 1.20 bits per heavy atom. The molecule has 1 aliphatic heterocycles. The average molecular weight is 303 g/mol. The van der Waals surface area contributed by atoms with E-state index in [0.29, 0.717) is 13.1 Å². The number of amides is 1. The van der Waals surface area contributed by atoms with Crippen LogP contribution in [0.15, 0.2) is 29.1 Å². The molecule has 0 unspecified atom stereocenters. The Labute approximate surface area is 125 Å². The molecule has 1 aliphatic rings. The molecule has 0 spiro atoms. The summed E-state index contributed by atoms with van der Waals surface area (Å²) in [5.74, 6) is 5.55. The Balaban J connectivity index is 1.57. The molecule has 1 saturated heterocycles. The molecule has 0 aromatic carbocycles. The van der Waals surface area contributed by atoms with Crippen LogP contribution in [0, 0.1) is 11.8 Å². The quantitative estimate of drug-likeness (QED) is 0.755. The number of carbonyl (C=O) groups excluding carboxylic acids is 1. The molecule has 0 aliphatic carbocycles. The topological polar surface area (TPSA) is 36.4 Å². The summed E-state index contributed by atoms with van der Waals surface area (Å²) in [4.78, 5) is 21.3. The summed E-state index contributed by atoms with van der Waals surface area (Å²) < 4.78 is 0. The number of carbonyl (C=O) groups is 1. The van der Waals surface area contributed by atoms with Crippen molar-refractivity contribution in [2.75, 3.05) is 31.1 Å². The second-order valence-corrected chi connectivity index (χ2v) is 6.14. The first-order valence-corrected chi connectivity index (χ1v) is 8.08. The SMILES string of the molecule is O=C(C#Cc1cccs1)N1CCN(c2nccs2)CC1. The lowest BCUT2D eigenvalue weighted by Crippen LogP contribution is -2.48. The summed E-state index contributed by atoms with van der Waals surface area (Å²) in [6.07, 6.45) is 1.81. The van der Waals surface area contributed by atoms with Crippen LogP contribution < -0.4 is 4.90 Å². The van der Waals surface area contributed by atoms with Crippen molar-refractivity contribution in [2.24, 2.45) is 0 Å². The standard InChI is InChI=1S/C14H13N3OS2/c18-13(4-3-12-2-1-10-19-12)16-6-8-17(9-7-16)14-15-5-11-20-14/h1-2,5,10-11H,6-9H2. The van der Waals surface area contributed by atoms with Crippen LogP contribution in [-0.4, -0.2) is 42.0 Å². The molecule has 0 atom stereocenters. The summed E-state index contributed by atoms with van der Waals surface area (Å²) in [6, 6.07) is 3.86. The van der Waals surface area contributed by atoms with Crippen molar-refractivity contribution in [3.05, 3.63) is 34.0 Å². The van der Waals surface area contributed by atoms with E-state index in [-0.39, 0.29) is 5.91 Å². The van der Waals surface area contributed by atoms with Gasteiger partial charge in [-0.1, -0.05) is 6.07 Å². The fourth-order valence-electron chi connectivity index (χ4n) is 2.02. The zero-order valence-corrected chi connectivity index (χ0v) is 12.4. The van der Waals surface area contributed by atoms with Gasteiger partial charge in [-0.2, -0.15) is 0 Å². The smallest absolute Gasteiger partial charge is 0.298 e. The Morgan fingerprint density at radius 3 is 2.70 bits per heavy atom. The van der Waals surface area contributed by atoms with Gasteiger partial charge in [0.2, 0.25) is 0 Å². The molecule has 1 amide bonds. The van der Waals surface area contributed by atoms with E-state index < -0.39 is 0 Å². The Bertz CT molecular complexity index is 617. The predicted molar refractivity (Wildman–Crippen MR) is 82.1 cm³/mol. The number of aromatic nitrogens is 1. The molecular formula is C14H13N3OS2. The third kappa shape index (κ3) is 3.00. The van der Waals surface area contributed by atoms with E-state index in [1.165, 1.54) is 0 Å². The van der Waals surface area contributed by atoms with Gasteiger partial charge in [0.1, 0.15) is 0 Å². The number of nitrogens with zero attached hydrogens (tertiary/aromatic N) is 3. The monoisotopic (exact) mass is 303 g/mol. The summed E-state index contributed by atoms with van der Waals surface area (Å²) in [7, 11) is 0. The van der Waals surface area contributed by atoms with Crippen LogP contribution in [0.4, 0.5) is 5.13 Å². The molecule has 0 saturated carbocycles. The molecule has 0 bridgehead atoms. The maximum absolute atomic E-state index is 12.0. The minimum atomic E-state index is -0.0859. The van der Waals surface area contributed by atoms with Gasteiger partial charge in [0.15, 0.2) is 5.13 Å². The highest BCUT2D eigenvalue weighted by molar-refractivity contribution is 7.13. The lowest BCUT2D eigenvalue weighted by Gasteiger charge is -2.33. The van der Waals surface area contributed by atoms with Crippen molar-refractivity contribution < 1.29 is 4.79 Å². The van der Waals surface area contributed by atoms with Crippen molar-refractivity contribution in [3.8, 4) is 11.8 Å². The van der Waals surface area contributed by atoms with Gasteiger partial charge in [-0.05, 0) is 17.4 Å². The number of piperazine rings is 1. The highest BCUT2D eigenvalue weighted by atomic mass is 32.1. The minimum absolute atomic E-state index is 0.0859. The van der Waals surface area contributed by atoms with Gasteiger partial charge in [-0.3, -0.25) is 4.79 Å². The number of anilines is 1. The highest BCUT2D eigenvalue weighted by Crippen LogP contribution is 2.18. The molecule has 102 valence electrons. The van der Waals surface area contributed by atoms with E-state index in [4.69, 9.17) is 0 Å². The number of thiazole rings is 1. The first-order chi connectivity index (χ1) is 9.83. The maximum Gasteiger partial charge on any atom is 0.298 e. The van der Waals surface area contributed by atoms with Gasteiger partial charge in [-0.25, -0.2) is 4.98 Å². The molecule has 3 heterocycles. The van der Waals surface area contributed by atoms with Gasteiger partial charge < -0.3 is 9.80 Å². The zero-order chi connectivity index (χ0) is 13.8. The minimum Gasteiger partial charge on any atom is -0.345 e. The van der Waals surface area contributed by atoms with E-state index in [1.807, 2.05) is 34.0 Å². The van der Waals surface area contributed by atoms with Crippen LogP contribution in [0.2, 0.25) is 0 Å². The van der Waals surface area contributed by atoms with Gasteiger partial charge in [0.05, 0.1) is 4.88 Å². The predicted octanol–water partition coefficient (Wildman–Crippen LogP) is 1.90. The third-order valence-corrected chi connectivity index (χ3v) is 4.69. The maximum atomic E-state index is 12.0. The van der Waals surface area contributed by atoms with E-state index in [1.54, 1.807) is 22.7 Å². The fourth-order valence-corrected chi connectivity index (χ4v) is 3.28. The number of rotatable bonds is 1. The Hall–Kier alpha value is -1.84. The molecule has 3 rings (SSSR count). The lowest BCUT2D eigenvalue weighted by atomic mass is 10.3. The molecule has 0 N–H and O–H groups in total. The second-order valence-electron chi connectivity index (χ2n) is 4.32. The van der Waals surface area contributed by atoms with Crippen LogP contribution in [0.1, 0.15) is 4.88 Å². The summed E-state index contributed by atoms with van der Waals surface area (Å²) in [5.41, 5.74) is 0. The van der Waals surface area contributed by atoms with Crippen LogP contribution in [0.25, 0.3) is 0 Å². The van der Waals surface area contributed by atoms with Crippen molar-refractivity contribution in [3.63, 3.8) is 0 Å². The Morgan fingerprint density at radius 2 is 2.05 bits per heavy atom. The number of hydrogen-bond acceptors (Lipinski definition) is 5. The van der Waals surface area contributed by atoms with Crippen LogP contribution in [0.5, 0.6) is 0 Å². The molecule has 2 aromatic rings. The van der Waals surface area contributed by atoms with E-state index in [9.17, 15) is 4.79 Å². The van der Waals surface area contributed by atoms with Gasteiger partial charge in [-0.15, -0.1) is 22.7 Å². The van der Waals surface area contributed by atoms with Gasteiger partial charge in [0, 0.05) is 43.7 Å². The third-order valence-electron chi connectivity index (χ3n) is 3.07. The van der Waals surface area contributed by atoms with Crippen molar-refractivity contribution in [1.29, 1.82) is 0 Å². The molecule has 4 nitrogen and oxygen atoms in total. The van der Waals surface area contributed by atoms with Crippen LogP contribution in [-0.2, 0) is 4.79 Å². The first kappa shape index (κ1) is 13.2. The van der Waals surface area contributed by atoms with Crippen LogP contribution >= 0.6 is 22.7 Å². The average Bonchev–Trinajstić information content (AvgIpc) is 3.18. The molecule has 20 heavy (non-hydrogen) atoms. The summed E-state index contributed by atoms with van der Waals surface area (Å²) in [6.45, 7) is 3.05. The van der Waals surface area contributed by atoms with Gasteiger partial charge >= 0.3 is 0 Å². The van der Waals surface area contributed by atoms with Crippen molar-refractivity contribution in [1.82, 2.24) is 9.88 Å². The number of hydrogen-bond donors (Lipinski definition) is 0.